The summed E-state index contributed by atoms with van der Waals surface area (Å²) in [5.74, 6) is 0.822. The molecule has 5 rings (SSSR count). The number of benzene rings is 1. The van der Waals surface area contributed by atoms with Crippen LogP contribution < -0.4 is 0 Å². The van der Waals surface area contributed by atoms with E-state index in [1.54, 1.807) is 34.9 Å². The van der Waals surface area contributed by atoms with Crippen molar-refractivity contribution in [3.05, 3.63) is 52.5 Å². The van der Waals surface area contributed by atoms with Crippen LogP contribution in [0.3, 0.4) is 0 Å². The summed E-state index contributed by atoms with van der Waals surface area (Å²) in [5, 5.41) is 2.88. The average Bonchev–Trinajstić information content (AvgIpc) is 3.16. The van der Waals surface area contributed by atoms with Crippen LogP contribution in [0.25, 0.3) is 20.4 Å². The molecule has 4 heterocycles. The first-order valence-electron chi connectivity index (χ1n) is 11.0. The van der Waals surface area contributed by atoms with Gasteiger partial charge in [-0.2, -0.15) is 0 Å². The third-order valence-electron chi connectivity index (χ3n) is 5.89. The summed E-state index contributed by atoms with van der Waals surface area (Å²) in [6.07, 6.45) is 2.84. The lowest BCUT2D eigenvalue weighted by molar-refractivity contribution is -0.0402. The quantitative estimate of drug-likeness (QED) is 0.162. The maximum Gasteiger partial charge on any atom is 0.189 e. The molecule has 4 nitrogen and oxygen atoms in total. The summed E-state index contributed by atoms with van der Waals surface area (Å²) in [4.78, 5) is 15.9. The molecule has 33 heavy (non-hydrogen) atoms. The molecule has 172 valence electrons. The number of nitrogens with zero attached hydrogens (tertiary/aromatic N) is 3. The maximum absolute atomic E-state index is 13.3. The Morgan fingerprint density at radius 2 is 1.88 bits per heavy atom. The Morgan fingerprint density at radius 1 is 1.12 bits per heavy atom. The molecule has 1 aromatic carbocycles. The Hall–Kier alpha value is -1.74. The van der Waals surface area contributed by atoms with Gasteiger partial charge in [-0.15, -0.1) is 23.1 Å². The van der Waals surface area contributed by atoms with E-state index in [1.165, 1.54) is 23.3 Å². The number of thioether (sulfide) groups is 2. The topological polar surface area (TPSA) is 47.9 Å². The van der Waals surface area contributed by atoms with Gasteiger partial charge in [0, 0.05) is 23.1 Å². The van der Waals surface area contributed by atoms with Gasteiger partial charge in [0.25, 0.3) is 0 Å². The SMILES string of the molecule is CSc1nc(SCc2ccc(F)cc2)c2sc3nc(C(C)C)c4c(c3c2n1)CC(C)(C)OC4. The Balaban J connectivity index is 1.70. The zero-order valence-corrected chi connectivity index (χ0v) is 21.8. The standard InChI is InChI=1S/C25H26FN3OS3/c1-13(2)19-17-11-30-25(3,4)10-16(17)18-20-21(33-22(18)27-19)23(29-24(28-20)31-5)32-12-14-6-8-15(26)9-7-14/h6-9,13H,10-12H2,1-5H3. The van der Waals surface area contributed by atoms with Crippen molar-refractivity contribution in [2.75, 3.05) is 6.26 Å². The number of halogens is 1. The first-order chi connectivity index (χ1) is 15.8. The molecule has 0 atom stereocenters. The maximum atomic E-state index is 13.3. The fraction of sp³-hybridized carbons (Fsp3) is 0.400. The van der Waals surface area contributed by atoms with E-state index in [4.69, 9.17) is 19.7 Å². The van der Waals surface area contributed by atoms with E-state index in [1.807, 2.05) is 18.4 Å². The highest BCUT2D eigenvalue weighted by molar-refractivity contribution is 7.99. The largest absolute Gasteiger partial charge is 0.370 e. The molecule has 0 aliphatic carbocycles. The minimum atomic E-state index is -0.223. The summed E-state index contributed by atoms with van der Waals surface area (Å²) in [7, 11) is 0. The summed E-state index contributed by atoms with van der Waals surface area (Å²) in [6.45, 7) is 9.27. The van der Waals surface area contributed by atoms with E-state index in [-0.39, 0.29) is 11.4 Å². The minimum Gasteiger partial charge on any atom is -0.370 e. The van der Waals surface area contributed by atoms with Crippen LogP contribution in [0.2, 0.25) is 0 Å². The predicted molar refractivity (Wildman–Crippen MR) is 137 cm³/mol. The monoisotopic (exact) mass is 499 g/mol. The summed E-state index contributed by atoms with van der Waals surface area (Å²) in [5.41, 5.74) is 5.51. The fourth-order valence-electron chi connectivity index (χ4n) is 4.25. The molecule has 0 saturated carbocycles. The fourth-order valence-corrected chi connectivity index (χ4v) is 6.89. The second-order valence-corrected chi connectivity index (χ2v) is 12.0. The minimum absolute atomic E-state index is 0.217. The molecule has 3 aromatic heterocycles. The molecule has 1 aliphatic heterocycles. The van der Waals surface area contributed by atoms with Gasteiger partial charge in [0.2, 0.25) is 0 Å². The van der Waals surface area contributed by atoms with Crippen LogP contribution in [-0.2, 0) is 23.5 Å². The summed E-state index contributed by atoms with van der Waals surface area (Å²) >= 11 is 4.91. The second kappa shape index (κ2) is 8.80. The number of rotatable bonds is 5. The van der Waals surface area contributed by atoms with Crippen LogP contribution in [0.1, 0.15) is 56.0 Å². The third-order valence-corrected chi connectivity index (χ3v) is 8.69. The summed E-state index contributed by atoms with van der Waals surface area (Å²) < 4.78 is 20.6. The van der Waals surface area contributed by atoms with Crippen molar-refractivity contribution in [2.45, 2.75) is 68.2 Å². The van der Waals surface area contributed by atoms with Gasteiger partial charge < -0.3 is 4.74 Å². The molecular weight excluding hydrogens is 473 g/mol. The number of hydrogen-bond donors (Lipinski definition) is 0. The third kappa shape index (κ3) is 4.38. The van der Waals surface area contributed by atoms with Crippen molar-refractivity contribution in [1.29, 1.82) is 0 Å². The van der Waals surface area contributed by atoms with Crippen molar-refractivity contribution in [2.24, 2.45) is 0 Å². The highest BCUT2D eigenvalue weighted by Crippen LogP contribution is 2.44. The van der Waals surface area contributed by atoms with Gasteiger partial charge in [-0.25, -0.2) is 19.3 Å². The normalized spacial score (nSPS) is 15.5. The molecule has 0 radical (unpaired) electrons. The van der Waals surface area contributed by atoms with Crippen molar-refractivity contribution in [3.63, 3.8) is 0 Å². The molecule has 0 unspecified atom stereocenters. The molecule has 1 aliphatic rings. The van der Waals surface area contributed by atoms with Crippen molar-refractivity contribution in [3.8, 4) is 0 Å². The molecule has 0 N–H and O–H groups in total. The number of aromatic nitrogens is 3. The van der Waals surface area contributed by atoms with E-state index in [0.717, 1.165) is 54.0 Å². The average molecular weight is 500 g/mol. The van der Waals surface area contributed by atoms with Crippen LogP contribution in [0.4, 0.5) is 4.39 Å². The van der Waals surface area contributed by atoms with E-state index in [2.05, 4.69) is 27.7 Å². The Labute approximate surface area is 205 Å². The van der Waals surface area contributed by atoms with E-state index < -0.39 is 0 Å². The number of hydrogen-bond acceptors (Lipinski definition) is 7. The molecule has 0 fully saturated rings. The van der Waals surface area contributed by atoms with Crippen LogP contribution in [0, 0.1) is 5.82 Å². The predicted octanol–water partition coefficient (Wildman–Crippen LogP) is 7.37. The van der Waals surface area contributed by atoms with Crippen molar-refractivity contribution >= 4 is 55.3 Å². The van der Waals surface area contributed by atoms with Gasteiger partial charge in [0.1, 0.15) is 15.7 Å². The lowest BCUT2D eigenvalue weighted by Crippen LogP contribution is -2.32. The first-order valence-corrected chi connectivity index (χ1v) is 14.0. The number of thiophene rings is 1. The lowest BCUT2D eigenvalue weighted by Gasteiger charge is -2.33. The highest BCUT2D eigenvalue weighted by atomic mass is 32.2. The van der Waals surface area contributed by atoms with Crippen molar-refractivity contribution < 1.29 is 9.13 Å². The van der Waals surface area contributed by atoms with Gasteiger partial charge in [-0.05, 0) is 49.3 Å². The zero-order chi connectivity index (χ0) is 23.3. The lowest BCUT2D eigenvalue weighted by atomic mass is 9.87. The molecule has 0 saturated heterocycles. The van der Waals surface area contributed by atoms with E-state index in [9.17, 15) is 4.39 Å². The van der Waals surface area contributed by atoms with Crippen LogP contribution in [0.5, 0.6) is 0 Å². The molecule has 0 amide bonds. The van der Waals surface area contributed by atoms with Gasteiger partial charge in [-0.3, -0.25) is 0 Å². The smallest absolute Gasteiger partial charge is 0.189 e. The van der Waals surface area contributed by atoms with Crippen LogP contribution >= 0.6 is 34.9 Å². The number of pyridine rings is 1. The molecule has 0 spiro atoms. The van der Waals surface area contributed by atoms with Gasteiger partial charge in [0.05, 0.1) is 28.1 Å². The highest BCUT2D eigenvalue weighted by Gasteiger charge is 2.32. The van der Waals surface area contributed by atoms with Gasteiger partial charge >= 0.3 is 0 Å². The molecule has 0 bridgehead atoms. The van der Waals surface area contributed by atoms with Gasteiger partial charge in [-0.1, -0.05) is 37.7 Å². The Morgan fingerprint density at radius 3 is 2.58 bits per heavy atom. The molecule has 8 heteroatoms. The molecular formula is C25H26FN3OS3. The van der Waals surface area contributed by atoms with E-state index >= 15 is 0 Å². The Kier molecular flexibility index (Phi) is 6.14. The van der Waals surface area contributed by atoms with Crippen LogP contribution in [0.15, 0.2) is 34.4 Å². The second-order valence-electron chi connectivity index (χ2n) is 9.22. The number of ether oxygens (including phenoxy) is 1. The Bertz CT molecular complexity index is 1350. The number of fused-ring (bicyclic) bond motifs is 5. The zero-order valence-electron chi connectivity index (χ0n) is 19.4. The first kappa shape index (κ1) is 23.0. The van der Waals surface area contributed by atoms with E-state index in [0.29, 0.717) is 12.5 Å². The summed E-state index contributed by atoms with van der Waals surface area (Å²) in [6, 6.07) is 6.67. The van der Waals surface area contributed by atoms with Crippen LogP contribution in [-0.4, -0.2) is 26.8 Å². The van der Waals surface area contributed by atoms with Crippen molar-refractivity contribution in [1.82, 2.24) is 15.0 Å². The molecule has 4 aromatic rings. The van der Waals surface area contributed by atoms with Gasteiger partial charge in [0.15, 0.2) is 5.16 Å².